The van der Waals surface area contributed by atoms with Crippen molar-refractivity contribution in [3.8, 4) is 0 Å². The molecule has 0 saturated carbocycles. The molecule has 0 spiro atoms. The summed E-state index contributed by atoms with van der Waals surface area (Å²) in [6.45, 7) is 4.74. The van der Waals surface area contributed by atoms with Crippen LogP contribution in [0.1, 0.15) is 48.7 Å². The molecule has 1 aromatic heterocycles. The molecular weight excluding hydrogens is 264 g/mol. The van der Waals surface area contributed by atoms with E-state index in [9.17, 15) is 9.90 Å². The van der Waals surface area contributed by atoms with Crippen LogP contribution in [0.15, 0.2) is 12.1 Å². The number of hydrogen-bond donors (Lipinski definition) is 1. The highest BCUT2D eigenvalue weighted by Gasteiger charge is 2.29. The highest BCUT2D eigenvalue weighted by molar-refractivity contribution is 6.29. The topological polar surface area (TPSA) is 53.4 Å². The van der Waals surface area contributed by atoms with E-state index in [1.165, 1.54) is 0 Å². The summed E-state index contributed by atoms with van der Waals surface area (Å²) in [5, 5.41) is 9.64. The predicted octanol–water partition coefficient (Wildman–Crippen LogP) is 2.46. The third kappa shape index (κ3) is 3.07. The number of likely N-dealkylation sites (tertiary alicyclic amines) is 1. The van der Waals surface area contributed by atoms with Gasteiger partial charge in [0.25, 0.3) is 5.91 Å². The van der Waals surface area contributed by atoms with Crippen molar-refractivity contribution in [1.82, 2.24) is 9.88 Å². The van der Waals surface area contributed by atoms with Gasteiger partial charge in [0.15, 0.2) is 0 Å². The second-order valence-corrected chi connectivity index (χ2v) is 5.62. The SMILES string of the molecule is CC(C)c1cc(C(=O)N2CCC[C@@H]2CO)cc(Cl)n1. The Balaban J connectivity index is 2.28. The minimum absolute atomic E-state index is 0.0155. The highest BCUT2D eigenvalue weighted by Crippen LogP contribution is 2.23. The van der Waals surface area contributed by atoms with Gasteiger partial charge in [0.1, 0.15) is 5.15 Å². The number of pyridine rings is 1. The number of nitrogens with zero attached hydrogens (tertiary/aromatic N) is 2. The van der Waals surface area contributed by atoms with Gasteiger partial charge in [-0.05, 0) is 30.9 Å². The van der Waals surface area contributed by atoms with Crippen LogP contribution in [0.5, 0.6) is 0 Å². The molecule has 1 fully saturated rings. The molecule has 5 heteroatoms. The Kier molecular flexibility index (Phi) is 4.42. The predicted molar refractivity (Wildman–Crippen MR) is 74.5 cm³/mol. The van der Waals surface area contributed by atoms with Crippen LogP contribution < -0.4 is 0 Å². The van der Waals surface area contributed by atoms with Gasteiger partial charge in [0.2, 0.25) is 0 Å². The first-order valence-electron chi connectivity index (χ1n) is 6.62. The number of hydrogen-bond acceptors (Lipinski definition) is 3. The zero-order chi connectivity index (χ0) is 14.0. The van der Waals surface area contributed by atoms with Crippen molar-refractivity contribution in [3.05, 3.63) is 28.5 Å². The first-order chi connectivity index (χ1) is 9.02. The molecular formula is C14H19ClN2O2. The molecule has 1 amide bonds. The summed E-state index contributed by atoms with van der Waals surface area (Å²) in [6, 6.07) is 3.33. The van der Waals surface area contributed by atoms with E-state index in [-0.39, 0.29) is 24.5 Å². The molecule has 0 aliphatic carbocycles. The Labute approximate surface area is 118 Å². The second-order valence-electron chi connectivity index (χ2n) is 5.24. The third-order valence-electron chi connectivity index (χ3n) is 3.50. The Morgan fingerprint density at radius 2 is 2.32 bits per heavy atom. The first-order valence-corrected chi connectivity index (χ1v) is 7.00. The van der Waals surface area contributed by atoms with Gasteiger partial charge in [-0.3, -0.25) is 4.79 Å². The number of carbonyl (C=O) groups is 1. The average Bonchev–Trinajstić information content (AvgIpc) is 2.85. The van der Waals surface area contributed by atoms with Crippen LogP contribution >= 0.6 is 11.6 Å². The summed E-state index contributed by atoms with van der Waals surface area (Å²) in [5.74, 6) is 0.153. The van der Waals surface area contributed by atoms with E-state index < -0.39 is 0 Å². The number of rotatable bonds is 3. The fourth-order valence-corrected chi connectivity index (χ4v) is 2.61. The van der Waals surface area contributed by atoms with Crippen molar-refractivity contribution >= 4 is 17.5 Å². The molecule has 1 N–H and O–H groups in total. The fraction of sp³-hybridized carbons (Fsp3) is 0.571. The lowest BCUT2D eigenvalue weighted by Crippen LogP contribution is -2.37. The monoisotopic (exact) mass is 282 g/mol. The summed E-state index contributed by atoms with van der Waals surface area (Å²) < 4.78 is 0. The van der Waals surface area contributed by atoms with Crippen molar-refractivity contribution in [3.63, 3.8) is 0 Å². The molecule has 2 heterocycles. The number of aliphatic hydroxyl groups excluding tert-OH is 1. The molecule has 2 rings (SSSR count). The first kappa shape index (κ1) is 14.3. The van der Waals surface area contributed by atoms with Gasteiger partial charge in [-0.1, -0.05) is 25.4 Å². The standard InChI is InChI=1S/C14H19ClN2O2/c1-9(2)12-6-10(7-13(15)16-12)14(19)17-5-3-4-11(17)8-18/h6-7,9,11,18H,3-5,8H2,1-2H3/t11-/m1/s1. The molecule has 1 atom stereocenters. The summed E-state index contributed by atoms with van der Waals surface area (Å²) in [6.07, 6.45) is 1.80. The van der Waals surface area contributed by atoms with E-state index in [1.807, 2.05) is 13.8 Å². The molecule has 19 heavy (non-hydrogen) atoms. The van der Waals surface area contributed by atoms with Crippen molar-refractivity contribution < 1.29 is 9.90 Å². The van der Waals surface area contributed by atoms with Crippen LogP contribution in [0.2, 0.25) is 5.15 Å². The van der Waals surface area contributed by atoms with Gasteiger partial charge >= 0.3 is 0 Å². The van der Waals surface area contributed by atoms with Crippen molar-refractivity contribution in [1.29, 1.82) is 0 Å². The maximum atomic E-state index is 12.5. The van der Waals surface area contributed by atoms with E-state index in [1.54, 1.807) is 17.0 Å². The zero-order valence-electron chi connectivity index (χ0n) is 11.3. The molecule has 0 bridgehead atoms. The average molecular weight is 283 g/mol. The van der Waals surface area contributed by atoms with Gasteiger partial charge in [0.05, 0.1) is 12.6 Å². The van der Waals surface area contributed by atoms with E-state index in [0.29, 0.717) is 17.3 Å². The fourth-order valence-electron chi connectivity index (χ4n) is 2.40. The molecule has 0 radical (unpaired) electrons. The van der Waals surface area contributed by atoms with Gasteiger partial charge < -0.3 is 10.0 Å². The molecule has 1 aromatic rings. The van der Waals surface area contributed by atoms with E-state index >= 15 is 0 Å². The number of amides is 1. The van der Waals surface area contributed by atoms with Crippen molar-refractivity contribution in [2.75, 3.05) is 13.2 Å². The summed E-state index contributed by atoms with van der Waals surface area (Å²) in [5.41, 5.74) is 1.37. The molecule has 0 aromatic carbocycles. The van der Waals surface area contributed by atoms with Crippen molar-refractivity contribution in [2.24, 2.45) is 0 Å². The molecule has 4 nitrogen and oxygen atoms in total. The Morgan fingerprint density at radius 3 is 2.95 bits per heavy atom. The Bertz CT molecular complexity index is 477. The lowest BCUT2D eigenvalue weighted by atomic mass is 10.1. The molecule has 0 unspecified atom stereocenters. The van der Waals surface area contributed by atoms with Crippen LogP contribution in [-0.2, 0) is 0 Å². The second kappa shape index (κ2) is 5.88. The Morgan fingerprint density at radius 1 is 1.58 bits per heavy atom. The van der Waals surface area contributed by atoms with Gasteiger partial charge in [-0.15, -0.1) is 0 Å². The van der Waals surface area contributed by atoms with Crippen LogP contribution in [-0.4, -0.2) is 40.1 Å². The third-order valence-corrected chi connectivity index (χ3v) is 3.69. The van der Waals surface area contributed by atoms with Gasteiger partial charge in [-0.2, -0.15) is 0 Å². The van der Waals surface area contributed by atoms with Crippen LogP contribution in [0.3, 0.4) is 0 Å². The summed E-state index contributed by atoms with van der Waals surface area (Å²) in [4.78, 5) is 18.4. The number of carbonyl (C=O) groups excluding carboxylic acids is 1. The van der Waals surface area contributed by atoms with Crippen LogP contribution in [0, 0.1) is 0 Å². The summed E-state index contributed by atoms with van der Waals surface area (Å²) >= 11 is 5.98. The minimum atomic E-state index is -0.0676. The maximum absolute atomic E-state index is 12.5. The van der Waals surface area contributed by atoms with Crippen LogP contribution in [0.4, 0.5) is 0 Å². The Hall–Kier alpha value is -1.13. The number of aromatic nitrogens is 1. The molecule has 1 aliphatic heterocycles. The van der Waals surface area contributed by atoms with Gasteiger partial charge in [0, 0.05) is 17.8 Å². The molecule has 1 aliphatic rings. The van der Waals surface area contributed by atoms with E-state index in [2.05, 4.69) is 4.98 Å². The molecule has 104 valence electrons. The molecule has 1 saturated heterocycles. The number of halogens is 1. The van der Waals surface area contributed by atoms with Gasteiger partial charge in [-0.25, -0.2) is 4.98 Å². The van der Waals surface area contributed by atoms with Crippen molar-refractivity contribution in [2.45, 2.75) is 38.6 Å². The normalized spacial score (nSPS) is 19.2. The highest BCUT2D eigenvalue weighted by atomic mass is 35.5. The largest absolute Gasteiger partial charge is 0.394 e. The zero-order valence-corrected chi connectivity index (χ0v) is 12.0. The van der Waals surface area contributed by atoms with Crippen LogP contribution in [0.25, 0.3) is 0 Å². The minimum Gasteiger partial charge on any atom is -0.394 e. The summed E-state index contributed by atoms with van der Waals surface area (Å²) in [7, 11) is 0. The smallest absolute Gasteiger partial charge is 0.254 e. The quantitative estimate of drug-likeness (QED) is 0.867. The lowest BCUT2D eigenvalue weighted by molar-refractivity contribution is 0.0677. The number of aliphatic hydroxyl groups is 1. The van der Waals surface area contributed by atoms with E-state index in [0.717, 1.165) is 18.5 Å². The maximum Gasteiger partial charge on any atom is 0.254 e. The van der Waals surface area contributed by atoms with E-state index in [4.69, 9.17) is 11.6 Å². The lowest BCUT2D eigenvalue weighted by Gasteiger charge is -2.23.